The highest BCUT2D eigenvalue weighted by atomic mass is 35.5. The minimum absolute atomic E-state index is 0.00127. The molecular formula is C96H84Cl2FN21O7S. The van der Waals surface area contributed by atoms with Gasteiger partial charge in [-0.3, -0.25) is 37.6 Å². The molecule has 6 N–H and O–H groups in total. The number of carbonyl (C=O) groups excluding carboxylic acids is 1. The molecule has 19 aromatic rings. The van der Waals surface area contributed by atoms with Gasteiger partial charge in [-0.25, -0.2) is 72.6 Å². The van der Waals surface area contributed by atoms with Crippen LogP contribution in [0.1, 0.15) is 106 Å². The van der Waals surface area contributed by atoms with Gasteiger partial charge in [0.15, 0.2) is 34.4 Å². The Morgan fingerprint density at radius 2 is 1.05 bits per heavy atom. The minimum atomic E-state index is -4.07. The maximum atomic E-state index is 14.5. The maximum Gasteiger partial charge on any atom is 0.269 e. The molecule has 10 aromatic heterocycles. The zero-order valence-corrected chi connectivity index (χ0v) is 72.8. The van der Waals surface area contributed by atoms with Crippen molar-refractivity contribution in [3.63, 3.8) is 0 Å². The number of hydrogen-bond donors (Lipinski definition) is 6. The molecule has 0 aliphatic carbocycles. The average molecular weight is 1770 g/mol. The van der Waals surface area contributed by atoms with Crippen LogP contribution in [-0.2, 0) is 34.1 Å². The van der Waals surface area contributed by atoms with E-state index in [-0.39, 0.29) is 63.1 Å². The number of fused-ring (bicyclic) bond motifs is 7. The number of anilines is 4. The SMILES string of the molecule is CC[C@H](Nc1ncnc2nc[nH]c12)c1nc2cccc(F)c2c(=O)n1-c1ccccc1.COc1ccc(Cl)c(Nc2nc3ccccc3nc2NS(=O)(=O)c2cccc(CC(=O)C(C)(C)C)c2)c1.C[C@H](Cc1ncnc2nc[nH]c12)c1cc2cccc(Cl)c2c(=O)n1-c1ccccc1.Cc1ccc2cc([C@H](C)Cc3ncnc4nc[nH]c34)n(-c3ccccc3)c(=O)c2c1. The fourth-order valence-electron chi connectivity index (χ4n) is 15.1. The number of sulfonamides is 1. The van der Waals surface area contributed by atoms with Gasteiger partial charge >= 0.3 is 0 Å². The Kier molecular flexibility index (Phi) is 25.2. The second kappa shape index (κ2) is 37.3. The Morgan fingerprint density at radius 1 is 0.516 bits per heavy atom. The number of methoxy groups -OCH3 is 1. The third-order valence-corrected chi connectivity index (χ3v) is 23.6. The van der Waals surface area contributed by atoms with Gasteiger partial charge in [0, 0.05) is 57.9 Å². The van der Waals surface area contributed by atoms with Gasteiger partial charge in [-0.15, -0.1) is 0 Å². The van der Waals surface area contributed by atoms with E-state index >= 15 is 0 Å². The number of benzene rings is 9. The number of nitrogens with zero attached hydrogens (tertiary/aromatic N) is 15. The quantitative estimate of drug-likeness (QED) is 0.0389. The van der Waals surface area contributed by atoms with Gasteiger partial charge in [-0.1, -0.05) is 180 Å². The topological polar surface area (TPSA) is 365 Å². The van der Waals surface area contributed by atoms with E-state index in [1.54, 1.807) is 109 Å². The molecule has 0 saturated carbocycles. The average Bonchev–Trinajstić information content (AvgIpc) is 1.06. The molecule has 0 aliphatic heterocycles. The molecular weight excluding hydrogens is 1680 g/mol. The van der Waals surface area contributed by atoms with Gasteiger partial charge < -0.3 is 30.3 Å². The highest BCUT2D eigenvalue weighted by molar-refractivity contribution is 7.92. The Hall–Kier alpha value is -15.1. The van der Waals surface area contributed by atoms with Crippen molar-refractivity contribution >= 4 is 139 Å². The van der Waals surface area contributed by atoms with Crippen LogP contribution in [0.4, 0.5) is 27.5 Å². The predicted molar refractivity (Wildman–Crippen MR) is 498 cm³/mol. The minimum Gasteiger partial charge on any atom is -0.497 e. The van der Waals surface area contributed by atoms with Crippen LogP contribution >= 0.6 is 23.2 Å². The summed E-state index contributed by atoms with van der Waals surface area (Å²) in [6, 6.07) is 66.8. The van der Waals surface area contributed by atoms with Gasteiger partial charge in [0.1, 0.15) is 64.1 Å². The summed E-state index contributed by atoms with van der Waals surface area (Å²) in [5.74, 6) is 1.19. The molecule has 10 heterocycles. The van der Waals surface area contributed by atoms with E-state index in [4.69, 9.17) is 32.9 Å². The van der Waals surface area contributed by atoms with Crippen molar-refractivity contribution in [1.82, 2.24) is 88.5 Å². The molecule has 0 saturated heterocycles. The molecule has 0 radical (unpaired) electrons. The second-order valence-corrected chi connectivity index (χ2v) is 33.9. The summed E-state index contributed by atoms with van der Waals surface area (Å²) in [5, 5.41) is 10.3. The lowest BCUT2D eigenvalue weighted by Crippen LogP contribution is -2.28. The van der Waals surface area contributed by atoms with Gasteiger partial charge in [0.05, 0.1) is 91.8 Å². The molecule has 32 heteroatoms. The zero-order valence-electron chi connectivity index (χ0n) is 70.5. The molecule has 0 spiro atoms. The van der Waals surface area contributed by atoms with Crippen molar-refractivity contribution in [3.05, 3.63) is 349 Å². The number of H-pyrrole nitrogens is 3. The molecule has 0 bridgehead atoms. The number of hydrogen-bond acceptors (Lipinski definition) is 21. The summed E-state index contributed by atoms with van der Waals surface area (Å²) >= 11 is 12.8. The number of halogens is 3. The number of ketones is 1. The number of aryl methyl sites for hydroxylation is 1. The van der Waals surface area contributed by atoms with Gasteiger partial charge in [-0.05, 0) is 152 Å². The first-order valence-corrected chi connectivity index (χ1v) is 43.2. The highest BCUT2D eigenvalue weighted by Gasteiger charge is 2.28. The van der Waals surface area contributed by atoms with Crippen molar-refractivity contribution in [2.24, 2.45) is 5.41 Å². The fourth-order valence-corrected chi connectivity index (χ4v) is 16.6. The first-order chi connectivity index (χ1) is 61.9. The number of imidazole rings is 3. The number of rotatable bonds is 21. The van der Waals surface area contributed by atoms with E-state index in [1.165, 1.54) is 42.5 Å². The second-order valence-electron chi connectivity index (χ2n) is 31.4. The van der Waals surface area contributed by atoms with Crippen LogP contribution in [0.15, 0.2) is 282 Å². The number of pyridine rings is 2. The van der Waals surface area contributed by atoms with E-state index in [9.17, 15) is 32.0 Å². The summed E-state index contributed by atoms with van der Waals surface area (Å²) in [7, 11) is -2.54. The lowest BCUT2D eigenvalue weighted by Gasteiger charge is -2.22. The molecule has 9 aromatic carbocycles. The van der Waals surface area contributed by atoms with Crippen molar-refractivity contribution in [1.29, 1.82) is 0 Å². The Balaban J connectivity index is 0.000000126. The normalized spacial score (nSPS) is 12.2. The molecule has 0 amide bonds. The molecule has 128 heavy (non-hydrogen) atoms. The number of aromatic amines is 3. The largest absolute Gasteiger partial charge is 0.497 e. The van der Waals surface area contributed by atoms with Gasteiger partial charge in [0.25, 0.3) is 26.7 Å². The fraction of sp³-hybridized carbons (Fsp3) is 0.167. The summed E-state index contributed by atoms with van der Waals surface area (Å²) in [5.41, 5.74) is 12.4. The molecule has 28 nitrogen and oxygen atoms in total. The van der Waals surface area contributed by atoms with E-state index in [2.05, 4.69) is 105 Å². The first kappa shape index (κ1) is 86.4. The third kappa shape index (κ3) is 18.5. The molecule has 3 atom stereocenters. The highest BCUT2D eigenvalue weighted by Crippen LogP contribution is 2.36. The zero-order chi connectivity index (χ0) is 89.5. The van der Waals surface area contributed by atoms with Crippen molar-refractivity contribution in [2.45, 2.75) is 96.9 Å². The Bertz CT molecular complexity index is 7680. The molecule has 0 aliphatic rings. The number of aromatic nitrogens is 18. The summed E-state index contributed by atoms with van der Waals surface area (Å²) < 4.78 is 54.2. The summed E-state index contributed by atoms with van der Waals surface area (Å²) in [6.07, 6.45) is 11.3. The Labute approximate surface area is 742 Å². The maximum absolute atomic E-state index is 14.5. The third-order valence-electron chi connectivity index (χ3n) is 21.6. The van der Waals surface area contributed by atoms with Crippen LogP contribution in [-0.4, -0.2) is 110 Å². The van der Waals surface area contributed by atoms with Gasteiger partial charge in [0.2, 0.25) is 0 Å². The lowest BCUT2D eigenvalue weighted by molar-refractivity contribution is -0.125. The summed E-state index contributed by atoms with van der Waals surface area (Å²) in [6.45, 7) is 13.7. The van der Waals surface area contributed by atoms with Crippen LogP contribution in [0, 0.1) is 18.2 Å². The number of nitrogens with one attached hydrogen (secondary N) is 6. The van der Waals surface area contributed by atoms with Crippen molar-refractivity contribution < 1.29 is 22.3 Å². The van der Waals surface area contributed by atoms with Crippen LogP contribution in [0.5, 0.6) is 5.75 Å². The lowest BCUT2D eigenvalue weighted by atomic mass is 9.87. The van der Waals surface area contributed by atoms with Crippen LogP contribution in [0.25, 0.3) is 94.0 Å². The first-order valence-electron chi connectivity index (χ1n) is 40.9. The number of Topliss-reactive ketones (excluding diaryl/α,β-unsaturated/α-hetero) is 1. The van der Waals surface area contributed by atoms with E-state index in [1.807, 2.05) is 161 Å². The molecule has 19 rings (SSSR count). The van der Waals surface area contributed by atoms with Crippen LogP contribution in [0.2, 0.25) is 10.0 Å². The van der Waals surface area contributed by atoms with Gasteiger partial charge in [-0.2, -0.15) is 0 Å². The standard InChI is InChI=1S/C27H27ClN4O4S.C24H21N5O.C23H18ClN5O.C22H18FN7O/c1-27(2,3)24(33)15-17-8-7-9-19(14-17)37(34,35)32-26-25(29-21-10-5-6-11-22(21)30-26)31-23-16-18(36-4)12-13-20(23)28;1-15-8-9-17-12-21(16(2)11-20-22-23(27-13-25-20)28-14-26-22)29(24(30)19(17)10-15)18-6-4-3-5-7-18;1-14(10-18-21-22(27-12-25-18)28-13-26-21)19-11-15-6-5-9-17(24)20(15)23(30)29(19)16-7-3-2-4-8-16;1-2-15(28-20-18-19(25-11-24-18)26-12-27-20)21-29-16-10-6-9-14(23)17(16)22(31)30(21)13-7-4-3-5-8-13/h5-14,16H,15H2,1-4H3,(H,29,31)(H,30,32);3-10,12-14,16H,11H2,1-2H3,(H,25,26,27,28);2-9,11-14H,10H2,1H3,(H,25,26,27,28);3-12,15H,2H2,1H3,(H2,24,25,26,27,28)/t;16-;14-;15-/m.110/s1. The molecule has 0 fully saturated rings. The van der Waals surface area contributed by atoms with Crippen LogP contribution < -0.4 is 36.8 Å². The van der Waals surface area contributed by atoms with Crippen molar-refractivity contribution in [3.8, 4) is 22.8 Å². The predicted octanol–water partition coefficient (Wildman–Crippen LogP) is 18.7. The van der Waals surface area contributed by atoms with E-state index < -0.39 is 26.8 Å². The number of ether oxygens (including phenoxy) is 1. The van der Waals surface area contributed by atoms with Crippen molar-refractivity contribution in [2.75, 3.05) is 22.5 Å². The molecule has 0 unspecified atom stereocenters. The smallest absolute Gasteiger partial charge is 0.269 e. The number of carbonyl (C=O) groups is 1. The van der Waals surface area contributed by atoms with E-state index in [0.717, 1.165) is 66.9 Å². The van der Waals surface area contributed by atoms with Crippen LogP contribution in [0.3, 0.4) is 0 Å². The monoisotopic (exact) mass is 1760 g/mol. The van der Waals surface area contributed by atoms with E-state index in [0.29, 0.717) is 108 Å². The number of para-hydroxylation sites is 5. The molecule has 642 valence electrons. The Morgan fingerprint density at radius 3 is 1.65 bits per heavy atom. The summed E-state index contributed by atoms with van der Waals surface area (Å²) in [4.78, 5) is 114.